The highest BCUT2D eigenvalue weighted by molar-refractivity contribution is 6.30. The van der Waals surface area contributed by atoms with E-state index in [1.807, 2.05) is 20.8 Å². The van der Waals surface area contributed by atoms with Crippen LogP contribution < -0.4 is 10.6 Å². The third-order valence-corrected chi connectivity index (χ3v) is 4.49. The van der Waals surface area contributed by atoms with E-state index in [0.717, 1.165) is 19.4 Å². The van der Waals surface area contributed by atoms with Gasteiger partial charge in [-0.15, -0.1) is 0 Å². The first kappa shape index (κ1) is 18.7. The third-order valence-electron chi connectivity index (χ3n) is 4.23. The van der Waals surface area contributed by atoms with Crippen LogP contribution in [0, 0.1) is 5.92 Å². The quantitative estimate of drug-likeness (QED) is 0.827. The van der Waals surface area contributed by atoms with Gasteiger partial charge in [0.15, 0.2) is 0 Å². The van der Waals surface area contributed by atoms with Crippen molar-refractivity contribution in [2.24, 2.45) is 5.92 Å². The number of carbonyl (C=O) groups excluding carboxylic acids is 2. The molecule has 132 valence electrons. The summed E-state index contributed by atoms with van der Waals surface area (Å²) in [6, 6.07) is 5.91. The van der Waals surface area contributed by atoms with Crippen LogP contribution in [0.2, 0.25) is 5.02 Å². The van der Waals surface area contributed by atoms with Gasteiger partial charge < -0.3 is 15.4 Å². The molecule has 0 spiro atoms. The van der Waals surface area contributed by atoms with Crippen LogP contribution in [0.1, 0.15) is 44.0 Å². The molecular formula is C18H25ClN2O3. The van der Waals surface area contributed by atoms with E-state index < -0.39 is 6.04 Å². The van der Waals surface area contributed by atoms with Crippen LogP contribution in [0.5, 0.6) is 0 Å². The summed E-state index contributed by atoms with van der Waals surface area (Å²) in [5.41, 5.74) is 0.477. The van der Waals surface area contributed by atoms with E-state index in [4.69, 9.17) is 16.3 Å². The van der Waals surface area contributed by atoms with E-state index in [1.54, 1.807) is 24.3 Å². The Morgan fingerprint density at radius 1 is 1.17 bits per heavy atom. The van der Waals surface area contributed by atoms with Crippen LogP contribution in [0.15, 0.2) is 24.3 Å². The maximum Gasteiger partial charge on any atom is 0.251 e. The van der Waals surface area contributed by atoms with E-state index in [0.29, 0.717) is 10.6 Å². The molecule has 0 aromatic heterocycles. The second-order valence-electron chi connectivity index (χ2n) is 6.55. The zero-order valence-corrected chi connectivity index (χ0v) is 15.1. The van der Waals surface area contributed by atoms with Crippen LogP contribution in [0.25, 0.3) is 0 Å². The summed E-state index contributed by atoms with van der Waals surface area (Å²) in [4.78, 5) is 24.9. The van der Waals surface area contributed by atoms with Crippen molar-refractivity contribution >= 4 is 23.4 Å². The topological polar surface area (TPSA) is 67.4 Å². The molecule has 6 heteroatoms. The lowest BCUT2D eigenvalue weighted by Gasteiger charge is -2.26. The number of rotatable bonds is 6. The minimum Gasteiger partial charge on any atom is -0.376 e. The van der Waals surface area contributed by atoms with Crippen LogP contribution in [0.4, 0.5) is 0 Å². The molecule has 2 amide bonds. The minimum atomic E-state index is -0.600. The fraction of sp³-hybridized carbons (Fsp3) is 0.556. The molecule has 0 radical (unpaired) electrons. The smallest absolute Gasteiger partial charge is 0.251 e. The number of hydrogen-bond acceptors (Lipinski definition) is 3. The fourth-order valence-corrected chi connectivity index (χ4v) is 2.89. The predicted octanol–water partition coefficient (Wildman–Crippen LogP) is 2.78. The van der Waals surface area contributed by atoms with Crippen molar-refractivity contribution in [2.75, 3.05) is 6.61 Å². The van der Waals surface area contributed by atoms with Crippen molar-refractivity contribution in [3.8, 4) is 0 Å². The van der Waals surface area contributed by atoms with Gasteiger partial charge in [0.2, 0.25) is 5.91 Å². The first-order chi connectivity index (χ1) is 11.4. The average molecular weight is 353 g/mol. The predicted molar refractivity (Wildman–Crippen MR) is 94.1 cm³/mol. The van der Waals surface area contributed by atoms with Crippen LogP contribution >= 0.6 is 11.6 Å². The highest BCUT2D eigenvalue weighted by Gasteiger charge is 2.29. The Kier molecular flexibility index (Phi) is 6.63. The van der Waals surface area contributed by atoms with Crippen LogP contribution in [0.3, 0.4) is 0 Å². The van der Waals surface area contributed by atoms with Crippen molar-refractivity contribution in [1.82, 2.24) is 10.6 Å². The Morgan fingerprint density at radius 2 is 1.83 bits per heavy atom. The number of ether oxygens (including phenoxy) is 1. The summed E-state index contributed by atoms with van der Waals surface area (Å²) < 4.78 is 5.60. The molecule has 1 heterocycles. The number of carbonyl (C=O) groups is 2. The first-order valence-corrected chi connectivity index (χ1v) is 8.74. The van der Waals surface area contributed by atoms with Crippen LogP contribution in [-0.2, 0) is 9.53 Å². The second kappa shape index (κ2) is 8.49. The third kappa shape index (κ3) is 4.95. The Labute approximate surface area is 148 Å². The van der Waals surface area contributed by atoms with Gasteiger partial charge in [0, 0.05) is 17.2 Å². The van der Waals surface area contributed by atoms with E-state index >= 15 is 0 Å². The maximum absolute atomic E-state index is 12.6. The summed E-state index contributed by atoms with van der Waals surface area (Å²) in [5.74, 6) is -0.501. The van der Waals surface area contributed by atoms with Gasteiger partial charge >= 0.3 is 0 Å². The molecule has 1 aromatic rings. The van der Waals surface area contributed by atoms with Gasteiger partial charge in [-0.3, -0.25) is 9.59 Å². The maximum atomic E-state index is 12.6. The SMILES string of the molecule is CC(C)C(NC(=O)c1ccc(Cl)cc1)C(=O)NC(C)C1CCCO1. The minimum absolute atomic E-state index is 0.0297. The van der Waals surface area contributed by atoms with Crippen molar-refractivity contribution in [2.45, 2.75) is 51.8 Å². The molecule has 0 aliphatic carbocycles. The Morgan fingerprint density at radius 3 is 2.38 bits per heavy atom. The Hall–Kier alpha value is -1.59. The summed E-state index contributed by atoms with van der Waals surface area (Å²) in [5, 5.41) is 6.35. The standard InChI is InChI=1S/C18H25ClN2O3/c1-11(2)16(18(23)20-12(3)15-5-4-10-24-15)21-17(22)13-6-8-14(19)9-7-13/h6-9,11-12,15-16H,4-5,10H2,1-3H3,(H,20,23)(H,21,22). The molecule has 1 fully saturated rings. The van der Waals surface area contributed by atoms with Crippen molar-refractivity contribution in [3.63, 3.8) is 0 Å². The monoisotopic (exact) mass is 352 g/mol. The molecule has 3 unspecified atom stereocenters. The van der Waals surface area contributed by atoms with Gasteiger partial charge in [-0.25, -0.2) is 0 Å². The Bertz CT molecular complexity index is 568. The molecule has 5 nitrogen and oxygen atoms in total. The molecule has 3 atom stereocenters. The first-order valence-electron chi connectivity index (χ1n) is 8.37. The van der Waals surface area contributed by atoms with E-state index in [-0.39, 0.29) is 29.9 Å². The lowest BCUT2D eigenvalue weighted by atomic mass is 10.0. The van der Waals surface area contributed by atoms with Crippen molar-refractivity contribution in [3.05, 3.63) is 34.9 Å². The van der Waals surface area contributed by atoms with Gasteiger partial charge in [0.1, 0.15) is 6.04 Å². The summed E-state index contributed by atoms with van der Waals surface area (Å²) >= 11 is 5.83. The Balaban J connectivity index is 1.98. The van der Waals surface area contributed by atoms with Crippen molar-refractivity contribution in [1.29, 1.82) is 0 Å². The van der Waals surface area contributed by atoms with Gasteiger partial charge in [-0.2, -0.15) is 0 Å². The molecule has 2 N–H and O–H groups in total. The molecule has 24 heavy (non-hydrogen) atoms. The molecule has 0 bridgehead atoms. The molecule has 2 rings (SSSR count). The number of hydrogen-bond donors (Lipinski definition) is 2. The second-order valence-corrected chi connectivity index (χ2v) is 6.99. The molecule has 1 saturated heterocycles. The van der Waals surface area contributed by atoms with Crippen molar-refractivity contribution < 1.29 is 14.3 Å². The molecule has 1 aliphatic rings. The normalized spacial score (nSPS) is 19.8. The molecule has 1 aromatic carbocycles. The summed E-state index contributed by atoms with van der Waals surface area (Å²) in [7, 11) is 0. The number of amides is 2. The fourth-order valence-electron chi connectivity index (χ4n) is 2.76. The number of benzene rings is 1. The van der Waals surface area contributed by atoms with E-state index in [2.05, 4.69) is 10.6 Å². The molecule has 1 aliphatic heterocycles. The van der Waals surface area contributed by atoms with Gasteiger partial charge in [-0.1, -0.05) is 25.4 Å². The largest absolute Gasteiger partial charge is 0.376 e. The highest BCUT2D eigenvalue weighted by atomic mass is 35.5. The number of halogens is 1. The van der Waals surface area contributed by atoms with Crippen LogP contribution in [-0.4, -0.2) is 36.6 Å². The van der Waals surface area contributed by atoms with Gasteiger partial charge in [0.05, 0.1) is 12.1 Å². The van der Waals surface area contributed by atoms with E-state index in [1.165, 1.54) is 0 Å². The summed E-state index contributed by atoms with van der Waals surface area (Å²) in [6.45, 7) is 6.49. The molecule has 0 saturated carbocycles. The van der Waals surface area contributed by atoms with Gasteiger partial charge in [0.25, 0.3) is 5.91 Å². The number of nitrogens with one attached hydrogen (secondary N) is 2. The average Bonchev–Trinajstić information content (AvgIpc) is 3.07. The van der Waals surface area contributed by atoms with Gasteiger partial charge in [-0.05, 0) is 49.9 Å². The zero-order valence-electron chi connectivity index (χ0n) is 14.3. The zero-order chi connectivity index (χ0) is 17.7. The lowest BCUT2D eigenvalue weighted by molar-refractivity contribution is -0.125. The lowest BCUT2D eigenvalue weighted by Crippen LogP contribution is -2.53. The highest BCUT2D eigenvalue weighted by Crippen LogP contribution is 2.16. The molecular weight excluding hydrogens is 328 g/mol. The summed E-state index contributed by atoms with van der Waals surface area (Å²) in [6.07, 6.45) is 2.02. The van der Waals surface area contributed by atoms with E-state index in [9.17, 15) is 9.59 Å².